The molecule has 4 nitrogen and oxygen atoms in total. The molecular formula is C15H20N4. The van der Waals surface area contributed by atoms with E-state index in [9.17, 15) is 0 Å². The lowest BCUT2D eigenvalue weighted by molar-refractivity contribution is 0.785. The Bertz CT molecular complexity index is 550. The lowest BCUT2D eigenvalue weighted by Crippen LogP contribution is -2.22. The number of nitrogens with zero attached hydrogens (tertiary/aromatic N) is 1. The largest absolute Gasteiger partial charge is 0.364 e. The Morgan fingerprint density at radius 3 is 2.68 bits per heavy atom. The molecule has 19 heavy (non-hydrogen) atoms. The third-order valence-corrected chi connectivity index (χ3v) is 3.75. The van der Waals surface area contributed by atoms with Crippen LogP contribution in [-0.2, 0) is 0 Å². The SMILES string of the molecule is Cc1ccc(-c2[nH]nc(NC3CCNC3)c2C)cc1. The molecule has 3 N–H and O–H groups in total. The van der Waals surface area contributed by atoms with Crippen LogP contribution in [0.5, 0.6) is 0 Å². The molecule has 1 aliphatic heterocycles. The number of aromatic nitrogens is 2. The number of hydrogen-bond donors (Lipinski definition) is 3. The third-order valence-electron chi connectivity index (χ3n) is 3.75. The Hall–Kier alpha value is -1.81. The molecule has 1 aromatic carbocycles. The van der Waals surface area contributed by atoms with Crippen LogP contribution < -0.4 is 10.6 Å². The van der Waals surface area contributed by atoms with E-state index in [4.69, 9.17) is 0 Å². The van der Waals surface area contributed by atoms with Gasteiger partial charge in [-0.1, -0.05) is 29.8 Å². The zero-order valence-electron chi connectivity index (χ0n) is 11.5. The first kappa shape index (κ1) is 12.2. The van der Waals surface area contributed by atoms with Crippen molar-refractivity contribution in [1.82, 2.24) is 15.5 Å². The molecule has 0 radical (unpaired) electrons. The summed E-state index contributed by atoms with van der Waals surface area (Å²) in [6.07, 6.45) is 1.16. The molecule has 2 heterocycles. The maximum absolute atomic E-state index is 4.41. The van der Waals surface area contributed by atoms with E-state index in [0.29, 0.717) is 6.04 Å². The van der Waals surface area contributed by atoms with Gasteiger partial charge in [-0.3, -0.25) is 5.10 Å². The molecule has 0 aliphatic carbocycles. The maximum Gasteiger partial charge on any atom is 0.151 e. The van der Waals surface area contributed by atoms with Gasteiger partial charge in [-0.15, -0.1) is 0 Å². The number of benzene rings is 1. The zero-order chi connectivity index (χ0) is 13.2. The summed E-state index contributed by atoms with van der Waals surface area (Å²) >= 11 is 0. The van der Waals surface area contributed by atoms with E-state index >= 15 is 0 Å². The van der Waals surface area contributed by atoms with E-state index < -0.39 is 0 Å². The molecule has 1 aromatic heterocycles. The maximum atomic E-state index is 4.41. The first-order valence-corrected chi connectivity index (χ1v) is 6.83. The highest BCUT2D eigenvalue weighted by atomic mass is 15.2. The Balaban J connectivity index is 1.83. The van der Waals surface area contributed by atoms with Crippen molar-refractivity contribution in [3.63, 3.8) is 0 Å². The summed E-state index contributed by atoms with van der Waals surface area (Å²) in [6.45, 7) is 6.32. The van der Waals surface area contributed by atoms with Crippen molar-refractivity contribution in [2.75, 3.05) is 18.4 Å². The van der Waals surface area contributed by atoms with Crippen molar-refractivity contribution in [3.8, 4) is 11.3 Å². The Labute approximate surface area is 113 Å². The van der Waals surface area contributed by atoms with E-state index in [-0.39, 0.29) is 0 Å². The smallest absolute Gasteiger partial charge is 0.151 e. The molecule has 3 rings (SSSR count). The Morgan fingerprint density at radius 1 is 1.21 bits per heavy atom. The van der Waals surface area contributed by atoms with Crippen molar-refractivity contribution in [1.29, 1.82) is 0 Å². The van der Waals surface area contributed by atoms with Gasteiger partial charge in [-0.25, -0.2) is 0 Å². The van der Waals surface area contributed by atoms with Crippen LogP contribution in [0, 0.1) is 13.8 Å². The van der Waals surface area contributed by atoms with Gasteiger partial charge in [-0.05, 0) is 32.4 Å². The molecule has 0 amide bonds. The highest BCUT2D eigenvalue weighted by molar-refractivity contribution is 5.68. The number of aromatic amines is 1. The average molecular weight is 256 g/mol. The van der Waals surface area contributed by atoms with Crippen LogP contribution in [0.15, 0.2) is 24.3 Å². The van der Waals surface area contributed by atoms with Gasteiger partial charge in [0.15, 0.2) is 5.82 Å². The zero-order valence-corrected chi connectivity index (χ0v) is 11.5. The van der Waals surface area contributed by atoms with Crippen LogP contribution in [-0.4, -0.2) is 29.3 Å². The van der Waals surface area contributed by atoms with Gasteiger partial charge >= 0.3 is 0 Å². The van der Waals surface area contributed by atoms with Gasteiger partial charge in [-0.2, -0.15) is 5.10 Å². The predicted octanol–water partition coefficient (Wildman–Crippen LogP) is 2.47. The summed E-state index contributed by atoms with van der Waals surface area (Å²) in [5.41, 5.74) is 4.76. The van der Waals surface area contributed by atoms with Crippen molar-refractivity contribution < 1.29 is 0 Å². The van der Waals surface area contributed by atoms with Crippen LogP contribution in [0.3, 0.4) is 0 Å². The summed E-state index contributed by atoms with van der Waals surface area (Å²) < 4.78 is 0. The molecule has 1 atom stereocenters. The Kier molecular flexibility index (Phi) is 3.25. The summed E-state index contributed by atoms with van der Waals surface area (Å²) in [7, 11) is 0. The fourth-order valence-corrected chi connectivity index (χ4v) is 2.51. The van der Waals surface area contributed by atoms with Gasteiger partial charge in [0.1, 0.15) is 0 Å². The standard InChI is InChI=1S/C15H20N4/c1-10-3-5-12(6-4-10)14-11(2)15(19-18-14)17-13-7-8-16-9-13/h3-6,13,16H,7-9H2,1-2H3,(H2,17,18,19). The monoisotopic (exact) mass is 256 g/mol. The molecule has 100 valence electrons. The van der Waals surface area contributed by atoms with Gasteiger partial charge < -0.3 is 10.6 Å². The van der Waals surface area contributed by atoms with Gasteiger partial charge in [0.2, 0.25) is 0 Å². The summed E-state index contributed by atoms with van der Waals surface area (Å²) in [6, 6.07) is 9.02. The number of H-pyrrole nitrogens is 1. The van der Waals surface area contributed by atoms with Gasteiger partial charge in [0.05, 0.1) is 5.69 Å². The first-order chi connectivity index (χ1) is 9.24. The number of nitrogens with one attached hydrogen (secondary N) is 3. The van der Waals surface area contributed by atoms with Crippen LogP contribution >= 0.6 is 0 Å². The lowest BCUT2D eigenvalue weighted by atomic mass is 10.1. The second-order valence-electron chi connectivity index (χ2n) is 5.27. The number of rotatable bonds is 3. The summed E-state index contributed by atoms with van der Waals surface area (Å²) in [5.74, 6) is 0.976. The third kappa shape index (κ3) is 2.49. The van der Waals surface area contributed by atoms with Crippen molar-refractivity contribution in [2.24, 2.45) is 0 Å². The molecule has 0 bridgehead atoms. The topological polar surface area (TPSA) is 52.7 Å². The van der Waals surface area contributed by atoms with E-state index in [2.05, 4.69) is 58.9 Å². The number of aryl methyl sites for hydroxylation is 1. The molecule has 0 spiro atoms. The molecule has 1 saturated heterocycles. The van der Waals surface area contributed by atoms with Crippen LogP contribution in [0.1, 0.15) is 17.5 Å². The molecule has 1 aliphatic rings. The molecular weight excluding hydrogens is 236 g/mol. The minimum absolute atomic E-state index is 0.493. The summed E-state index contributed by atoms with van der Waals surface area (Å²) in [4.78, 5) is 0. The van der Waals surface area contributed by atoms with Crippen LogP contribution in [0.4, 0.5) is 5.82 Å². The lowest BCUT2D eigenvalue weighted by Gasteiger charge is -2.10. The van der Waals surface area contributed by atoms with Crippen molar-refractivity contribution >= 4 is 5.82 Å². The van der Waals surface area contributed by atoms with Crippen molar-refractivity contribution in [3.05, 3.63) is 35.4 Å². The van der Waals surface area contributed by atoms with Crippen LogP contribution in [0.25, 0.3) is 11.3 Å². The normalized spacial score (nSPS) is 18.7. The molecule has 4 heteroatoms. The minimum atomic E-state index is 0.493. The van der Waals surface area contributed by atoms with E-state index in [1.54, 1.807) is 0 Å². The van der Waals surface area contributed by atoms with E-state index in [1.165, 1.54) is 16.7 Å². The summed E-state index contributed by atoms with van der Waals surface area (Å²) in [5, 5.41) is 14.4. The van der Waals surface area contributed by atoms with E-state index in [1.807, 2.05) is 0 Å². The number of hydrogen-bond acceptors (Lipinski definition) is 3. The quantitative estimate of drug-likeness (QED) is 0.790. The predicted molar refractivity (Wildman–Crippen MR) is 78.4 cm³/mol. The fourth-order valence-electron chi connectivity index (χ4n) is 2.51. The van der Waals surface area contributed by atoms with Gasteiger partial charge in [0.25, 0.3) is 0 Å². The van der Waals surface area contributed by atoms with E-state index in [0.717, 1.165) is 31.0 Å². The van der Waals surface area contributed by atoms with Gasteiger partial charge in [0, 0.05) is 18.2 Å². The number of anilines is 1. The second-order valence-corrected chi connectivity index (χ2v) is 5.27. The second kappa shape index (κ2) is 5.05. The molecule has 2 aromatic rings. The van der Waals surface area contributed by atoms with Crippen molar-refractivity contribution in [2.45, 2.75) is 26.3 Å². The molecule has 0 saturated carbocycles. The average Bonchev–Trinajstić information content (AvgIpc) is 3.03. The highest BCUT2D eigenvalue weighted by Crippen LogP contribution is 2.26. The molecule has 1 unspecified atom stereocenters. The first-order valence-electron chi connectivity index (χ1n) is 6.83. The Morgan fingerprint density at radius 2 is 2.00 bits per heavy atom. The highest BCUT2D eigenvalue weighted by Gasteiger charge is 2.17. The molecule has 1 fully saturated rings. The van der Waals surface area contributed by atoms with Crippen LogP contribution in [0.2, 0.25) is 0 Å². The minimum Gasteiger partial charge on any atom is -0.364 e. The fraction of sp³-hybridized carbons (Fsp3) is 0.400.